The number of hydrogen-bond acceptors (Lipinski definition) is 5. The van der Waals surface area contributed by atoms with E-state index < -0.39 is 18.0 Å². The fourth-order valence-corrected chi connectivity index (χ4v) is 3.93. The second kappa shape index (κ2) is 9.51. The van der Waals surface area contributed by atoms with Gasteiger partial charge in [-0.2, -0.15) is 0 Å². The molecule has 0 unspecified atom stereocenters. The quantitative estimate of drug-likeness (QED) is 0.791. The number of ether oxygens (including phenoxy) is 1. The molecule has 0 aliphatic carbocycles. The molecule has 8 heteroatoms. The monoisotopic (exact) mass is 422 g/mol. The molecule has 2 aliphatic heterocycles. The Morgan fingerprint density at radius 3 is 2.42 bits per heavy atom. The fourth-order valence-electron chi connectivity index (χ4n) is 3.93. The number of fused-ring (bicyclic) bond motifs is 1. The van der Waals surface area contributed by atoms with Gasteiger partial charge in [-0.25, -0.2) is 4.79 Å². The number of benzene rings is 2. The topological polar surface area (TPSA) is 91.0 Å². The smallest absolute Gasteiger partial charge is 0.325 e. The maximum Gasteiger partial charge on any atom is 0.325 e. The van der Waals surface area contributed by atoms with Crippen molar-refractivity contribution in [2.75, 3.05) is 36.4 Å². The van der Waals surface area contributed by atoms with Crippen LogP contribution in [0, 0.1) is 0 Å². The molecule has 4 amide bonds. The summed E-state index contributed by atoms with van der Waals surface area (Å²) < 4.78 is 5.97. The molecular weight excluding hydrogens is 396 g/mol. The second-order valence-corrected chi connectivity index (χ2v) is 7.71. The zero-order chi connectivity index (χ0) is 21.6. The third kappa shape index (κ3) is 5.14. The van der Waals surface area contributed by atoms with Gasteiger partial charge in [-0.3, -0.25) is 14.9 Å². The van der Waals surface area contributed by atoms with Crippen LogP contribution in [0.15, 0.2) is 54.6 Å². The maximum absolute atomic E-state index is 13.0. The first-order valence-electron chi connectivity index (χ1n) is 10.6. The zero-order valence-electron chi connectivity index (χ0n) is 17.3. The number of urea groups is 1. The molecule has 4 rings (SSSR count). The Morgan fingerprint density at radius 1 is 0.935 bits per heavy atom. The minimum absolute atomic E-state index is 0.0542. The Kier molecular flexibility index (Phi) is 6.35. The van der Waals surface area contributed by atoms with Crippen molar-refractivity contribution in [2.24, 2.45) is 0 Å². The number of nitrogens with one attached hydrogen (secondary N) is 2. The number of amides is 4. The van der Waals surface area contributed by atoms with Gasteiger partial charge in [-0.05, 0) is 43.5 Å². The molecular formula is C23H26N4O4. The van der Waals surface area contributed by atoms with Crippen molar-refractivity contribution >= 4 is 29.2 Å². The van der Waals surface area contributed by atoms with Gasteiger partial charge in [0.05, 0.1) is 18.8 Å². The number of para-hydroxylation sites is 3. The van der Waals surface area contributed by atoms with Gasteiger partial charge in [0.1, 0.15) is 5.75 Å². The number of anilines is 2. The van der Waals surface area contributed by atoms with E-state index in [1.807, 2.05) is 29.2 Å². The Balaban J connectivity index is 1.41. The van der Waals surface area contributed by atoms with Crippen molar-refractivity contribution in [3.8, 4) is 5.75 Å². The molecule has 0 radical (unpaired) electrons. The van der Waals surface area contributed by atoms with E-state index in [0.29, 0.717) is 11.4 Å². The lowest BCUT2D eigenvalue weighted by Gasteiger charge is -2.38. The van der Waals surface area contributed by atoms with Crippen LogP contribution in [-0.4, -0.2) is 55.0 Å². The van der Waals surface area contributed by atoms with E-state index in [2.05, 4.69) is 10.6 Å². The van der Waals surface area contributed by atoms with Crippen LogP contribution in [0.5, 0.6) is 5.75 Å². The maximum atomic E-state index is 13.0. The van der Waals surface area contributed by atoms with E-state index in [4.69, 9.17) is 4.74 Å². The van der Waals surface area contributed by atoms with Crippen molar-refractivity contribution in [1.29, 1.82) is 0 Å². The summed E-state index contributed by atoms with van der Waals surface area (Å²) in [4.78, 5) is 41.3. The molecule has 0 bridgehead atoms. The number of hydrogen-bond donors (Lipinski definition) is 2. The Bertz CT molecular complexity index is 944. The van der Waals surface area contributed by atoms with Crippen LogP contribution in [0.4, 0.5) is 16.2 Å². The zero-order valence-corrected chi connectivity index (χ0v) is 17.3. The minimum Gasteiger partial charge on any atom is -0.477 e. The first-order chi connectivity index (χ1) is 15.1. The molecule has 2 aliphatic rings. The Hall–Kier alpha value is -3.55. The van der Waals surface area contributed by atoms with Crippen LogP contribution in [0.3, 0.4) is 0 Å². The van der Waals surface area contributed by atoms with Gasteiger partial charge in [-0.1, -0.05) is 30.3 Å². The number of carbonyl (C=O) groups is 3. The summed E-state index contributed by atoms with van der Waals surface area (Å²) >= 11 is 0. The average Bonchev–Trinajstić information content (AvgIpc) is 2.79. The predicted molar refractivity (Wildman–Crippen MR) is 117 cm³/mol. The number of rotatable bonds is 4. The first-order valence-corrected chi connectivity index (χ1v) is 10.6. The van der Waals surface area contributed by atoms with E-state index >= 15 is 0 Å². The predicted octanol–water partition coefficient (Wildman–Crippen LogP) is 2.61. The lowest BCUT2D eigenvalue weighted by molar-refractivity contribution is -0.139. The van der Waals surface area contributed by atoms with Gasteiger partial charge in [0, 0.05) is 18.8 Å². The first kappa shape index (κ1) is 20.7. The van der Waals surface area contributed by atoms with Gasteiger partial charge in [-0.15, -0.1) is 0 Å². The molecule has 162 valence electrons. The number of imide groups is 1. The molecule has 2 aromatic carbocycles. The van der Waals surface area contributed by atoms with Crippen LogP contribution in [-0.2, 0) is 9.59 Å². The van der Waals surface area contributed by atoms with Crippen molar-refractivity contribution < 1.29 is 19.1 Å². The summed E-state index contributed by atoms with van der Waals surface area (Å²) in [6.07, 6.45) is 2.45. The highest BCUT2D eigenvalue weighted by atomic mass is 16.5. The Morgan fingerprint density at radius 2 is 1.65 bits per heavy atom. The normalized spacial score (nSPS) is 17.9. The third-order valence-electron chi connectivity index (χ3n) is 5.42. The van der Waals surface area contributed by atoms with E-state index in [9.17, 15) is 14.4 Å². The molecule has 0 spiro atoms. The summed E-state index contributed by atoms with van der Waals surface area (Å²) in [5.41, 5.74) is 1.32. The molecule has 0 saturated carbocycles. The largest absolute Gasteiger partial charge is 0.477 e. The molecule has 1 fully saturated rings. The van der Waals surface area contributed by atoms with E-state index in [0.717, 1.165) is 38.0 Å². The van der Waals surface area contributed by atoms with Crippen molar-refractivity contribution in [3.05, 3.63) is 54.6 Å². The Labute approximate surface area is 181 Å². The molecule has 1 saturated heterocycles. The summed E-state index contributed by atoms with van der Waals surface area (Å²) in [6, 6.07) is 15.6. The number of carbonyl (C=O) groups excluding carboxylic acids is 3. The van der Waals surface area contributed by atoms with Crippen LogP contribution in [0.2, 0.25) is 0 Å². The van der Waals surface area contributed by atoms with E-state index in [-0.39, 0.29) is 19.0 Å². The molecule has 0 aromatic heterocycles. The highest BCUT2D eigenvalue weighted by molar-refractivity contribution is 6.02. The lowest BCUT2D eigenvalue weighted by atomic mass is 10.1. The summed E-state index contributed by atoms with van der Waals surface area (Å²) in [7, 11) is 0. The summed E-state index contributed by atoms with van der Waals surface area (Å²) in [5, 5.41) is 4.97. The molecule has 31 heavy (non-hydrogen) atoms. The molecule has 2 heterocycles. The number of likely N-dealkylation sites (tertiary alicyclic amines) is 1. The van der Waals surface area contributed by atoms with Crippen LogP contribution >= 0.6 is 0 Å². The molecule has 8 nitrogen and oxygen atoms in total. The van der Waals surface area contributed by atoms with Crippen LogP contribution in [0.1, 0.15) is 19.3 Å². The lowest BCUT2D eigenvalue weighted by Crippen LogP contribution is -2.53. The van der Waals surface area contributed by atoms with Crippen LogP contribution in [0.25, 0.3) is 0 Å². The summed E-state index contributed by atoms with van der Waals surface area (Å²) in [5.74, 6) is 0.0429. The average molecular weight is 422 g/mol. The second-order valence-electron chi connectivity index (χ2n) is 7.71. The minimum atomic E-state index is -0.682. The number of piperidine rings is 1. The summed E-state index contributed by atoms with van der Waals surface area (Å²) in [6.45, 7) is 1.66. The van der Waals surface area contributed by atoms with E-state index in [1.54, 1.807) is 35.2 Å². The van der Waals surface area contributed by atoms with E-state index in [1.165, 1.54) is 0 Å². The molecule has 1 atom stereocenters. The van der Waals surface area contributed by atoms with Crippen molar-refractivity contribution in [3.63, 3.8) is 0 Å². The molecule has 2 aromatic rings. The van der Waals surface area contributed by atoms with Gasteiger partial charge >= 0.3 is 6.03 Å². The standard InChI is InChI=1S/C23H26N4O4/c28-21(25-23(30)24-17-9-3-1-4-10-17)16-27-15-20(22(29)26-13-7-2-8-14-26)31-19-12-6-5-11-18(19)27/h1,3-6,9-12,20H,2,7-8,13-16H2,(H2,24,25,28,30)/t20-/m1/s1. The van der Waals surface area contributed by atoms with Gasteiger partial charge in [0.25, 0.3) is 5.91 Å². The molecule has 2 N–H and O–H groups in total. The SMILES string of the molecule is O=C(CN1C[C@H](C(=O)N2CCCCC2)Oc2ccccc21)NC(=O)Nc1ccccc1. The van der Waals surface area contributed by atoms with Crippen LogP contribution < -0.4 is 20.3 Å². The number of nitrogens with zero attached hydrogens (tertiary/aromatic N) is 2. The fraction of sp³-hybridized carbons (Fsp3) is 0.348. The van der Waals surface area contributed by atoms with Gasteiger partial charge < -0.3 is 19.9 Å². The van der Waals surface area contributed by atoms with Gasteiger partial charge in [0.2, 0.25) is 5.91 Å². The van der Waals surface area contributed by atoms with Crippen molar-refractivity contribution in [2.45, 2.75) is 25.4 Å². The van der Waals surface area contributed by atoms with Gasteiger partial charge in [0.15, 0.2) is 6.10 Å². The highest BCUT2D eigenvalue weighted by Gasteiger charge is 2.34. The highest BCUT2D eigenvalue weighted by Crippen LogP contribution is 2.33. The van der Waals surface area contributed by atoms with Crippen molar-refractivity contribution in [1.82, 2.24) is 10.2 Å². The third-order valence-corrected chi connectivity index (χ3v) is 5.42.